The van der Waals surface area contributed by atoms with Gasteiger partial charge in [0.2, 0.25) is 0 Å². The van der Waals surface area contributed by atoms with Gasteiger partial charge in [-0.05, 0) is 26.8 Å². The molecule has 0 atom stereocenters. The first kappa shape index (κ1) is 18.4. The van der Waals surface area contributed by atoms with Gasteiger partial charge in [0.05, 0.1) is 29.2 Å². The van der Waals surface area contributed by atoms with Gasteiger partial charge in [-0.15, -0.1) is 0 Å². The molecule has 2 rings (SSSR count). The van der Waals surface area contributed by atoms with Crippen LogP contribution in [-0.2, 0) is 10.9 Å². The molecule has 7 nitrogen and oxygen atoms in total. The number of hydrogen-bond donors (Lipinski definition) is 1. The summed E-state index contributed by atoms with van der Waals surface area (Å²) in [7, 11) is 0. The SMILES string of the molecule is CC(C)(C)OC(=O)n1cc(NC(=O)c2cnccc2C(F)(F)F)cn1. The highest BCUT2D eigenvalue weighted by atomic mass is 19.4. The Balaban J connectivity index is 2.17. The van der Waals surface area contributed by atoms with Crippen LogP contribution in [0, 0.1) is 0 Å². The molecule has 0 aromatic carbocycles. The summed E-state index contributed by atoms with van der Waals surface area (Å²) in [4.78, 5) is 27.4. The number of rotatable bonds is 2. The lowest BCUT2D eigenvalue weighted by atomic mass is 10.1. The minimum absolute atomic E-state index is 0.0350. The third kappa shape index (κ3) is 4.78. The highest BCUT2D eigenvalue weighted by Gasteiger charge is 2.35. The fraction of sp³-hybridized carbons (Fsp3) is 0.333. The predicted octanol–water partition coefficient (Wildman–Crippen LogP) is 3.33. The van der Waals surface area contributed by atoms with Crippen molar-refractivity contribution in [3.05, 3.63) is 42.0 Å². The smallest absolute Gasteiger partial charge is 0.435 e. The van der Waals surface area contributed by atoms with Crippen molar-refractivity contribution in [3.63, 3.8) is 0 Å². The zero-order valence-corrected chi connectivity index (χ0v) is 13.6. The second-order valence-corrected chi connectivity index (χ2v) is 6.03. The van der Waals surface area contributed by atoms with Crippen molar-refractivity contribution in [1.29, 1.82) is 0 Å². The average Bonchev–Trinajstić information content (AvgIpc) is 2.93. The molecule has 134 valence electrons. The number of ether oxygens (including phenoxy) is 1. The maximum absolute atomic E-state index is 12.9. The van der Waals surface area contributed by atoms with Crippen LogP contribution in [0.3, 0.4) is 0 Å². The number of carbonyl (C=O) groups is 2. The van der Waals surface area contributed by atoms with E-state index in [0.717, 1.165) is 29.5 Å². The van der Waals surface area contributed by atoms with Crippen LogP contribution in [0.15, 0.2) is 30.9 Å². The van der Waals surface area contributed by atoms with E-state index in [2.05, 4.69) is 15.4 Å². The molecule has 1 amide bonds. The van der Waals surface area contributed by atoms with Gasteiger partial charge >= 0.3 is 12.3 Å². The van der Waals surface area contributed by atoms with E-state index in [0.29, 0.717) is 6.07 Å². The summed E-state index contributed by atoms with van der Waals surface area (Å²) < 4.78 is 44.7. The molecule has 0 aliphatic heterocycles. The summed E-state index contributed by atoms with van der Waals surface area (Å²) in [6.07, 6.45) is -1.47. The minimum Gasteiger partial charge on any atom is -0.442 e. The van der Waals surface area contributed by atoms with E-state index < -0.39 is 34.9 Å². The first-order valence-electron chi connectivity index (χ1n) is 7.08. The van der Waals surface area contributed by atoms with Gasteiger partial charge in [-0.1, -0.05) is 0 Å². The van der Waals surface area contributed by atoms with E-state index in [1.54, 1.807) is 20.8 Å². The summed E-state index contributed by atoms with van der Waals surface area (Å²) in [5.41, 5.74) is -2.46. The first-order chi connectivity index (χ1) is 11.5. The molecular weight excluding hydrogens is 341 g/mol. The van der Waals surface area contributed by atoms with Crippen LogP contribution >= 0.6 is 0 Å². The second-order valence-electron chi connectivity index (χ2n) is 6.03. The lowest BCUT2D eigenvalue weighted by Gasteiger charge is -2.18. The van der Waals surface area contributed by atoms with Crippen molar-refractivity contribution in [2.45, 2.75) is 32.5 Å². The quantitative estimate of drug-likeness (QED) is 0.892. The molecule has 0 spiro atoms. The van der Waals surface area contributed by atoms with Gasteiger partial charge in [-0.2, -0.15) is 23.0 Å². The monoisotopic (exact) mass is 356 g/mol. The van der Waals surface area contributed by atoms with Gasteiger partial charge in [-0.3, -0.25) is 9.78 Å². The van der Waals surface area contributed by atoms with Crippen LogP contribution in [0.4, 0.5) is 23.7 Å². The summed E-state index contributed by atoms with van der Waals surface area (Å²) >= 11 is 0. The molecular formula is C15H15F3N4O3. The van der Waals surface area contributed by atoms with Gasteiger partial charge in [0, 0.05) is 12.4 Å². The highest BCUT2D eigenvalue weighted by molar-refractivity contribution is 6.05. The molecule has 0 saturated heterocycles. The number of hydrogen-bond acceptors (Lipinski definition) is 5. The van der Waals surface area contributed by atoms with Gasteiger partial charge in [0.1, 0.15) is 5.60 Å². The molecule has 0 bridgehead atoms. The Morgan fingerprint density at radius 1 is 1.20 bits per heavy atom. The number of carbonyl (C=O) groups excluding carboxylic acids is 2. The lowest BCUT2D eigenvalue weighted by Crippen LogP contribution is -2.27. The Labute approximate surface area is 140 Å². The Hall–Kier alpha value is -2.91. The van der Waals surface area contributed by atoms with Crippen LogP contribution in [-0.4, -0.2) is 32.4 Å². The van der Waals surface area contributed by atoms with Crippen molar-refractivity contribution >= 4 is 17.7 Å². The van der Waals surface area contributed by atoms with Crippen LogP contribution in [0.1, 0.15) is 36.7 Å². The lowest BCUT2D eigenvalue weighted by molar-refractivity contribution is -0.138. The van der Waals surface area contributed by atoms with Gasteiger partial charge in [0.25, 0.3) is 5.91 Å². The van der Waals surface area contributed by atoms with E-state index in [1.807, 2.05) is 0 Å². The number of anilines is 1. The molecule has 2 aromatic heterocycles. The van der Waals surface area contributed by atoms with Crippen molar-refractivity contribution in [1.82, 2.24) is 14.8 Å². The molecule has 0 saturated carbocycles. The predicted molar refractivity (Wildman–Crippen MR) is 81.1 cm³/mol. The summed E-state index contributed by atoms with van der Waals surface area (Å²) in [6, 6.07) is 0.707. The van der Waals surface area contributed by atoms with E-state index >= 15 is 0 Å². The molecule has 2 aromatic rings. The second kappa shape index (κ2) is 6.54. The topological polar surface area (TPSA) is 86.1 Å². The summed E-state index contributed by atoms with van der Waals surface area (Å²) in [5.74, 6) is -1.02. The zero-order valence-electron chi connectivity index (χ0n) is 13.6. The molecule has 0 fully saturated rings. The number of nitrogens with one attached hydrogen (secondary N) is 1. The third-order valence-electron chi connectivity index (χ3n) is 2.79. The zero-order chi connectivity index (χ0) is 18.8. The Bertz CT molecular complexity index is 794. The number of pyridine rings is 1. The van der Waals surface area contributed by atoms with Gasteiger partial charge in [0.15, 0.2) is 0 Å². The third-order valence-corrected chi connectivity index (χ3v) is 2.79. The maximum Gasteiger partial charge on any atom is 0.435 e. The minimum atomic E-state index is -4.70. The molecule has 0 radical (unpaired) electrons. The normalized spacial score (nSPS) is 11.9. The molecule has 2 heterocycles. The van der Waals surface area contributed by atoms with Crippen molar-refractivity contribution in [3.8, 4) is 0 Å². The largest absolute Gasteiger partial charge is 0.442 e. The number of halogens is 3. The molecule has 0 aliphatic rings. The van der Waals surface area contributed by atoms with Crippen molar-refractivity contribution < 1.29 is 27.5 Å². The standard InChI is InChI=1S/C15H15F3N4O3/c1-14(2,3)25-13(24)22-8-9(6-20-22)21-12(23)10-7-19-5-4-11(10)15(16,17)18/h4-8H,1-3H3,(H,21,23). The number of alkyl halides is 3. The first-order valence-corrected chi connectivity index (χ1v) is 7.08. The van der Waals surface area contributed by atoms with Crippen molar-refractivity contribution in [2.24, 2.45) is 0 Å². The average molecular weight is 356 g/mol. The molecule has 1 N–H and O–H groups in total. The van der Waals surface area contributed by atoms with E-state index in [9.17, 15) is 22.8 Å². The summed E-state index contributed by atoms with van der Waals surface area (Å²) in [5, 5.41) is 5.95. The van der Waals surface area contributed by atoms with E-state index in [-0.39, 0.29) is 5.69 Å². The summed E-state index contributed by atoms with van der Waals surface area (Å²) in [6.45, 7) is 4.99. The van der Waals surface area contributed by atoms with Crippen LogP contribution in [0.25, 0.3) is 0 Å². The van der Waals surface area contributed by atoms with Gasteiger partial charge in [-0.25, -0.2) is 4.79 Å². The van der Waals surface area contributed by atoms with E-state index in [4.69, 9.17) is 4.74 Å². The van der Waals surface area contributed by atoms with Gasteiger partial charge < -0.3 is 10.1 Å². The molecule has 25 heavy (non-hydrogen) atoms. The Morgan fingerprint density at radius 3 is 2.48 bits per heavy atom. The fourth-order valence-corrected chi connectivity index (χ4v) is 1.82. The van der Waals surface area contributed by atoms with Crippen LogP contribution < -0.4 is 5.32 Å². The number of aromatic nitrogens is 3. The number of nitrogens with zero attached hydrogens (tertiary/aromatic N) is 3. The Morgan fingerprint density at radius 2 is 1.88 bits per heavy atom. The fourth-order valence-electron chi connectivity index (χ4n) is 1.82. The number of amides is 1. The molecule has 0 unspecified atom stereocenters. The maximum atomic E-state index is 12.9. The van der Waals surface area contributed by atoms with Crippen molar-refractivity contribution in [2.75, 3.05) is 5.32 Å². The Kier molecular flexibility index (Phi) is 4.82. The molecule has 10 heteroatoms. The van der Waals surface area contributed by atoms with E-state index in [1.165, 1.54) is 0 Å². The molecule has 0 aliphatic carbocycles. The van der Waals surface area contributed by atoms with Crippen LogP contribution in [0.2, 0.25) is 0 Å². The van der Waals surface area contributed by atoms with Crippen LogP contribution in [0.5, 0.6) is 0 Å². The highest BCUT2D eigenvalue weighted by Crippen LogP contribution is 2.31.